The van der Waals surface area contributed by atoms with Crippen LogP contribution in [0.4, 0.5) is 4.39 Å². The van der Waals surface area contributed by atoms with E-state index in [4.69, 9.17) is 4.74 Å². The highest BCUT2D eigenvalue weighted by Gasteiger charge is 2.31. The van der Waals surface area contributed by atoms with Crippen LogP contribution in [-0.4, -0.2) is 6.61 Å². The van der Waals surface area contributed by atoms with Gasteiger partial charge in [0.05, 0.1) is 6.61 Å². The summed E-state index contributed by atoms with van der Waals surface area (Å²) < 4.78 is 20.8. The summed E-state index contributed by atoms with van der Waals surface area (Å²) in [5.41, 5.74) is 1.22. The van der Waals surface area contributed by atoms with Crippen LogP contribution < -0.4 is 4.74 Å². The molecule has 1 nitrogen and oxygen atoms in total. The van der Waals surface area contributed by atoms with Gasteiger partial charge in [-0.3, -0.25) is 0 Å². The first kappa shape index (κ1) is 26.3. The van der Waals surface area contributed by atoms with Gasteiger partial charge in [-0.2, -0.15) is 0 Å². The van der Waals surface area contributed by atoms with Gasteiger partial charge < -0.3 is 4.74 Å². The lowest BCUT2D eigenvalue weighted by molar-refractivity contribution is 0.209. The van der Waals surface area contributed by atoms with Crippen molar-refractivity contribution in [3.63, 3.8) is 0 Å². The highest BCUT2D eigenvalue weighted by molar-refractivity contribution is 5.32. The molecule has 1 fully saturated rings. The molecular formula is C31H49FO. The van der Waals surface area contributed by atoms with Crippen molar-refractivity contribution < 1.29 is 9.13 Å². The second-order valence-corrected chi connectivity index (χ2v) is 10.9. The van der Waals surface area contributed by atoms with Crippen LogP contribution in [0.15, 0.2) is 30.4 Å². The van der Waals surface area contributed by atoms with Gasteiger partial charge in [-0.15, -0.1) is 0 Å². The Bertz CT molecular complexity index is 688. The molecule has 1 aromatic rings. The van der Waals surface area contributed by atoms with E-state index in [1.165, 1.54) is 95.5 Å². The number of rotatable bonds is 14. The SMILES string of the molecule is CCCCCCOc1ccc(C(CC2CC=CCC2)C2CCC(CCCCC)CC2)cc1F. The molecular weight excluding hydrogens is 407 g/mol. The fourth-order valence-electron chi connectivity index (χ4n) is 6.17. The minimum absolute atomic E-state index is 0.162. The second kappa shape index (κ2) is 14.8. The Kier molecular flexibility index (Phi) is 11.8. The smallest absolute Gasteiger partial charge is 0.165 e. The number of hydrogen-bond acceptors (Lipinski definition) is 1. The molecule has 0 amide bonds. The standard InChI is InChI=1S/C31H49FO/c1-3-5-7-12-22-33-31-21-20-28(24-30(31)32)29(23-26-14-10-8-11-15-26)27-18-16-25(17-19-27)13-9-6-4-2/h8,10,20-21,24-27,29H,3-7,9,11-19,22-23H2,1-2H3. The predicted molar refractivity (Wildman–Crippen MR) is 139 cm³/mol. The Morgan fingerprint density at radius 1 is 0.879 bits per heavy atom. The lowest BCUT2D eigenvalue weighted by Crippen LogP contribution is -2.23. The van der Waals surface area contributed by atoms with Gasteiger partial charge >= 0.3 is 0 Å². The number of ether oxygens (including phenoxy) is 1. The predicted octanol–water partition coefficient (Wildman–Crippen LogP) is 10.0. The fourth-order valence-corrected chi connectivity index (χ4v) is 6.17. The molecule has 0 bridgehead atoms. The van der Waals surface area contributed by atoms with Gasteiger partial charge in [-0.05, 0) is 86.3 Å². The van der Waals surface area contributed by atoms with Gasteiger partial charge in [0, 0.05) is 0 Å². The van der Waals surface area contributed by atoms with E-state index in [1.807, 2.05) is 12.1 Å². The minimum atomic E-state index is -0.162. The van der Waals surface area contributed by atoms with E-state index >= 15 is 4.39 Å². The van der Waals surface area contributed by atoms with E-state index in [-0.39, 0.29) is 5.82 Å². The van der Waals surface area contributed by atoms with E-state index in [0.29, 0.717) is 24.2 Å². The molecule has 2 aliphatic carbocycles. The quantitative estimate of drug-likeness (QED) is 0.200. The van der Waals surface area contributed by atoms with Gasteiger partial charge in [0.2, 0.25) is 0 Å². The van der Waals surface area contributed by atoms with Crippen LogP contribution in [0.25, 0.3) is 0 Å². The molecule has 0 N–H and O–H groups in total. The Labute approximate surface area is 203 Å². The first-order valence-corrected chi connectivity index (χ1v) is 14.3. The molecule has 33 heavy (non-hydrogen) atoms. The number of halogens is 1. The van der Waals surface area contributed by atoms with Crippen LogP contribution in [0.1, 0.15) is 128 Å². The molecule has 0 saturated heterocycles. The summed E-state index contributed by atoms with van der Waals surface area (Å²) in [6.45, 7) is 5.12. The van der Waals surface area contributed by atoms with Gasteiger partial charge in [0.1, 0.15) is 0 Å². The molecule has 1 aromatic carbocycles. The van der Waals surface area contributed by atoms with Crippen LogP contribution in [0, 0.1) is 23.6 Å². The second-order valence-electron chi connectivity index (χ2n) is 10.9. The van der Waals surface area contributed by atoms with Crippen LogP contribution in [0.5, 0.6) is 5.75 Å². The fraction of sp³-hybridized carbons (Fsp3) is 0.742. The summed E-state index contributed by atoms with van der Waals surface area (Å²) in [5, 5.41) is 0. The normalized spacial score (nSPS) is 24.0. The van der Waals surface area contributed by atoms with E-state index < -0.39 is 0 Å². The molecule has 2 heteroatoms. The minimum Gasteiger partial charge on any atom is -0.491 e. The van der Waals surface area contributed by atoms with Crippen LogP contribution in [-0.2, 0) is 0 Å². The Morgan fingerprint density at radius 2 is 1.67 bits per heavy atom. The van der Waals surface area contributed by atoms with Gasteiger partial charge in [-0.1, -0.05) is 89.9 Å². The molecule has 186 valence electrons. The molecule has 0 spiro atoms. The summed E-state index contributed by atoms with van der Waals surface area (Å²) in [6, 6.07) is 5.91. The maximum Gasteiger partial charge on any atom is 0.165 e. The summed E-state index contributed by atoms with van der Waals surface area (Å²) in [4.78, 5) is 0. The zero-order valence-electron chi connectivity index (χ0n) is 21.5. The third-order valence-electron chi connectivity index (χ3n) is 8.28. The third-order valence-corrected chi connectivity index (χ3v) is 8.28. The third kappa shape index (κ3) is 8.76. The molecule has 0 heterocycles. The Balaban J connectivity index is 1.62. The highest BCUT2D eigenvalue weighted by atomic mass is 19.1. The van der Waals surface area contributed by atoms with Gasteiger partial charge in [0.15, 0.2) is 11.6 Å². The molecule has 2 unspecified atom stereocenters. The van der Waals surface area contributed by atoms with Crippen molar-refractivity contribution in [2.75, 3.05) is 6.61 Å². The summed E-state index contributed by atoms with van der Waals surface area (Å²) in [5.74, 6) is 3.15. The maximum atomic E-state index is 15.0. The summed E-state index contributed by atoms with van der Waals surface area (Å²) in [6.07, 6.45) is 25.1. The van der Waals surface area contributed by atoms with Crippen molar-refractivity contribution in [1.29, 1.82) is 0 Å². The highest BCUT2D eigenvalue weighted by Crippen LogP contribution is 2.44. The molecule has 0 radical (unpaired) electrons. The number of allylic oxidation sites excluding steroid dienone is 2. The van der Waals surface area contributed by atoms with Crippen LogP contribution in [0.3, 0.4) is 0 Å². The average molecular weight is 457 g/mol. The first-order chi connectivity index (χ1) is 16.2. The van der Waals surface area contributed by atoms with E-state index in [0.717, 1.165) is 24.7 Å². The number of hydrogen-bond donors (Lipinski definition) is 0. The van der Waals surface area contributed by atoms with Crippen molar-refractivity contribution in [2.24, 2.45) is 17.8 Å². The van der Waals surface area contributed by atoms with Crippen molar-refractivity contribution in [3.05, 3.63) is 41.7 Å². The van der Waals surface area contributed by atoms with Crippen molar-refractivity contribution in [3.8, 4) is 5.75 Å². The first-order valence-electron chi connectivity index (χ1n) is 14.3. The zero-order valence-corrected chi connectivity index (χ0v) is 21.5. The summed E-state index contributed by atoms with van der Waals surface area (Å²) >= 11 is 0. The molecule has 3 rings (SSSR count). The summed E-state index contributed by atoms with van der Waals surface area (Å²) in [7, 11) is 0. The molecule has 1 saturated carbocycles. The molecule has 2 aliphatic rings. The topological polar surface area (TPSA) is 9.23 Å². The van der Waals surface area contributed by atoms with Gasteiger partial charge in [-0.25, -0.2) is 4.39 Å². The van der Waals surface area contributed by atoms with Crippen LogP contribution >= 0.6 is 0 Å². The maximum absolute atomic E-state index is 15.0. The Hall–Kier alpha value is -1.31. The Morgan fingerprint density at radius 3 is 2.36 bits per heavy atom. The number of unbranched alkanes of at least 4 members (excludes halogenated alkanes) is 5. The lowest BCUT2D eigenvalue weighted by atomic mass is 9.69. The lowest BCUT2D eigenvalue weighted by Gasteiger charge is -2.36. The molecule has 0 aromatic heterocycles. The monoisotopic (exact) mass is 456 g/mol. The van der Waals surface area contributed by atoms with Crippen molar-refractivity contribution >= 4 is 0 Å². The van der Waals surface area contributed by atoms with Crippen LogP contribution in [0.2, 0.25) is 0 Å². The van der Waals surface area contributed by atoms with E-state index in [9.17, 15) is 0 Å². The molecule has 2 atom stereocenters. The van der Waals surface area contributed by atoms with E-state index in [2.05, 4.69) is 32.1 Å². The average Bonchev–Trinajstić information content (AvgIpc) is 2.85. The largest absolute Gasteiger partial charge is 0.491 e. The van der Waals surface area contributed by atoms with Crippen molar-refractivity contribution in [2.45, 2.75) is 122 Å². The zero-order chi connectivity index (χ0) is 23.3. The number of benzene rings is 1. The molecule has 0 aliphatic heterocycles. The van der Waals surface area contributed by atoms with Crippen molar-refractivity contribution in [1.82, 2.24) is 0 Å². The van der Waals surface area contributed by atoms with Gasteiger partial charge in [0.25, 0.3) is 0 Å². The van der Waals surface area contributed by atoms with E-state index in [1.54, 1.807) is 0 Å².